The van der Waals surface area contributed by atoms with Crippen molar-refractivity contribution in [3.8, 4) is 0 Å². The number of nitrogens with one attached hydrogen (secondary N) is 2. The highest BCUT2D eigenvalue weighted by molar-refractivity contribution is 5.57. The first-order valence-corrected chi connectivity index (χ1v) is 10.8. The third kappa shape index (κ3) is 5.85. The Morgan fingerprint density at radius 2 is 1.53 bits per heavy atom. The zero-order chi connectivity index (χ0) is 23.4. The quantitative estimate of drug-likeness (QED) is 0.537. The Hall–Kier alpha value is -2.49. The van der Waals surface area contributed by atoms with Gasteiger partial charge in [0.2, 0.25) is 0 Å². The molecule has 0 unspecified atom stereocenters. The van der Waals surface area contributed by atoms with E-state index in [0.717, 1.165) is 42.3 Å². The van der Waals surface area contributed by atoms with Crippen LogP contribution in [0.4, 0.5) is 33.6 Å². The second-order valence-corrected chi connectivity index (χ2v) is 7.91. The fraction of sp³-hybridized carbons (Fsp3) is 0.545. The molecule has 1 aromatic carbocycles. The van der Waals surface area contributed by atoms with Crippen molar-refractivity contribution in [2.75, 3.05) is 36.8 Å². The lowest BCUT2D eigenvalue weighted by molar-refractivity contribution is -0.137. The molecule has 2 N–H and O–H groups in total. The van der Waals surface area contributed by atoms with Crippen molar-refractivity contribution in [1.29, 1.82) is 0 Å². The summed E-state index contributed by atoms with van der Waals surface area (Å²) in [6, 6.07) is 3.23. The Morgan fingerprint density at radius 3 is 2.09 bits per heavy atom. The number of halogens is 5. The monoisotopic (exact) mass is 457 g/mol. The van der Waals surface area contributed by atoms with Gasteiger partial charge in [-0.05, 0) is 38.3 Å². The third-order valence-electron chi connectivity index (χ3n) is 5.63. The van der Waals surface area contributed by atoms with Gasteiger partial charge in [0.15, 0.2) is 0 Å². The lowest BCUT2D eigenvalue weighted by Gasteiger charge is -2.35. The minimum Gasteiger partial charge on any atom is -0.370 e. The molecule has 0 radical (unpaired) electrons. The molecule has 1 fully saturated rings. The van der Waals surface area contributed by atoms with Crippen LogP contribution in [0.15, 0.2) is 30.6 Å². The molecule has 1 saturated heterocycles. The zero-order valence-corrected chi connectivity index (χ0v) is 18.1. The van der Waals surface area contributed by atoms with E-state index in [1.54, 1.807) is 4.90 Å². The second-order valence-electron chi connectivity index (χ2n) is 7.91. The molecule has 5 nitrogen and oxygen atoms in total. The Kier molecular flexibility index (Phi) is 7.53. The van der Waals surface area contributed by atoms with Crippen LogP contribution in [0.25, 0.3) is 0 Å². The molecule has 1 aliphatic rings. The Balaban J connectivity index is 1.57. The van der Waals surface area contributed by atoms with E-state index in [2.05, 4.69) is 20.6 Å². The lowest BCUT2D eigenvalue weighted by atomic mass is 10.0. The maximum absolute atomic E-state index is 14.7. The first kappa shape index (κ1) is 24.2. The number of rotatable bonds is 8. The average molecular weight is 457 g/mol. The van der Waals surface area contributed by atoms with Crippen LogP contribution < -0.4 is 10.6 Å². The average Bonchev–Trinajstić information content (AvgIpc) is 2.75. The molecular formula is C22H28F5N5. The summed E-state index contributed by atoms with van der Waals surface area (Å²) >= 11 is 0. The molecule has 0 bridgehead atoms. The summed E-state index contributed by atoms with van der Waals surface area (Å²) in [6.45, 7) is 5.15. The fourth-order valence-corrected chi connectivity index (χ4v) is 3.90. The van der Waals surface area contributed by atoms with Crippen LogP contribution in [0.2, 0.25) is 0 Å². The number of nitrogens with zero attached hydrogens (tertiary/aromatic N) is 3. The van der Waals surface area contributed by atoms with Gasteiger partial charge in [0.1, 0.15) is 18.0 Å². The molecule has 0 spiro atoms. The molecule has 2 heterocycles. The van der Waals surface area contributed by atoms with E-state index in [1.165, 1.54) is 6.33 Å². The molecule has 10 heteroatoms. The van der Waals surface area contributed by atoms with Crippen LogP contribution in [0.1, 0.15) is 43.4 Å². The number of likely N-dealkylation sites (tertiary alicyclic amines) is 1. The number of alkyl halides is 5. The van der Waals surface area contributed by atoms with Gasteiger partial charge in [0.05, 0.1) is 12.1 Å². The Labute approximate surface area is 184 Å². The first-order chi connectivity index (χ1) is 15.1. The molecule has 0 saturated carbocycles. The van der Waals surface area contributed by atoms with Crippen LogP contribution in [-0.2, 0) is 18.5 Å². The van der Waals surface area contributed by atoms with Crippen LogP contribution in [-0.4, -0.2) is 47.1 Å². The van der Waals surface area contributed by atoms with Crippen molar-refractivity contribution < 1.29 is 22.0 Å². The molecule has 176 valence electrons. The zero-order valence-electron chi connectivity index (χ0n) is 18.1. The molecular weight excluding hydrogens is 429 g/mol. The number of benzene rings is 1. The van der Waals surface area contributed by atoms with Crippen molar-refractivity contribution in [3.63, 3.8) is 0 Å². The van der Waals surface area contributed by atoms with Crippen LogP contribution in [0.3, 0.4) is 0 Å². The van der Waals surface area contributed by atoms with E-state index < -0.39 is 29.8 Å². The van der Waals surface area contributed by atoms with Crippen molar-refractivity contribution >= 4 is 11.6 Å². The molecule has 0 atom stereocenters. The lowest BCUT2D eigenvalue weighted by Crippen LogP contribution is -2.44. The maximum atomic E-state index is 14.7. The SMILES string of the molecule is CCNc1ncnc(NC2CCN(CC(F)(F)c3ccc(C(F)(F)F)cc3)CC2)c1CC. The normalized spacial score (nSPS) is 16.2. The summed E-state index contributed by atoms with van der Waals surface area (Å²) in [7, 11) is 0. The minimum absolute atomic E-state index is 0.0978. The molecule has 0 aliphatic carbocycles. The Bertz CT molecular complexity index is 877. The summed E-state index contributed by atoms with van der Waals surface area (Å²) in [5.41, 5.74) is -0.349. The van der Waals surface area contributed by atoms with Gasteiger partial charge in [-0.1, -0.05) is 19.1 Å². The largest absolute Gasteiger partial charge is 0.416 e. The third-order valence-corrected chi connectivity index (χ3v) is 5.63. The predicted molar refractivity (Wildman–Crippen MR) is 114 cm³/mol. The van der Waals surface area contributed by atoms with Gasteiger partial charge in [-0.3, -0.25) is 4.90 Å². The molecule has 2 aromatic rings. The van der Waals surface area contributed by atoms with E-state index in [4.69, 9.17) is 0 Å². The maximum Gasteiger partial charge on any atom is 0.416 e. The summed E-state index contributed by atoms with van der Waals surface area (Å²) in [5.74, 6) is -1.68. The highest BCUT2D eigenvalue weighted by atomic mass is 19.4. The van der Waals surface area contributed by atoms with E-state index in [-0.39, 0.29) is 6.04 Å². The predicted octanol–water partition coefficient (Wildman–Crippen LogP) is 5.16. The Morgan fingerprint density at radius 1 is 0.938 bits per heavy atom. The highest BCUT2D eigenvalue weighted by Crippen LogP contribution is 2.34. The van der Waals surface area contributed by atoms with Gasteiger partial charge < -0.3 is 10.6 Å². The number of hydrogen-bond donors (Lipinski definition) is 2. The van der Waals surface area contributed by atoms with E-state index in [9.17, 15) is 22.0 Å². The van der Waals surface area contributed by atoms with Crippen LogP contribution in [0.5, 0.6) is 0 Å². The summed E-state index contributed by atoms with van der Waals surface area (Å²) < 4.78 is 67.4. The van der Waals surface area contributed by atoms with Crippen LogP contribution in [0, 0.1) is 0 Å². The first-order valence-electron chi connectivity index (χ1n) is 10.8. The van der Waals surface area contributed by atoms with Gasteiger partial charge in [-0.2, -0.15) is 22.0 Å². The van der Waals surface area contributed by atoms with Crippen LogP contribution >= 0.6 is 0 Å². The number of hydrogen-bond acceptors (Lipinski definition) is 5. The smallest absolute Gasteiger partial charge is 0.370 e. The molecule has 0 amide bonds. The highest BCUT2D eigenvalue weighted by Gasteiger charge is 2.37. The van der Waals surface area contributed by atoms with Crippen molar-refractivity contribution in [1.82, 2.24) is 14.9 Å². The van der Waals surface area contributed by atoms with E-state index in [0.29, 0.717) is 38.1 Å². The number of anilines is 2. The van der Waals surface area contributed by atoms with Gasteiger partial charge in [0.25, 0.3) is 5.92 Å². The van der Waals surface area contributed by atoms with Gasteiger partial charge >= 0.3 is 6.18 Å². The van der Waals surface area contributed by atoms with E-state index >= 15 is 0 Å². The van der Waals surface area contributed by atoms with Crippen molar-refractivity contribution in [2.45, 2.75) is 51.3 Å². The minimum atomic E-state index is -4.54. The molecule has 1 aromatic heterocycles. The van der Waals surface area contributed by atoms with Gasteiger partial charge in [-0.25, -0.2) is 9.97 Å². The standard InChI is InChI=1S/C22H28F5N5/c1-3-18-19(28-4-2)29-14-30-20(18)31-17-9-11-32(12-10-17)13-21(23,24)15-5-7-16(8-6-15)22(25,26)27/h5-8,14,17H,3-4,9-13H2,1-2H3,(H2,28,29,30,31). The van der Waals surface area contributed by atoms with Crippen molar-refractivity contribution in [3.05, 3.63) is 47.3 Å². The summed E-state index contributed by atoms with van der Waals surface area (Å²) in [6.07, 6.45) is -0.972. The topological polar surface area (TPSA) is 53.1 Å². The summed E-state index contributed by atoms with van der Waals surface area (Å²) in [5, 5.41) is 6.64. The summed E-state index contributed by atoms with van der Waals surface area (Å²) in [4.78, 5) is 10.3. The van der Waals surface area contributed by atoms with Gasteiger partial charge in [0, 0.05) is 36.8 Å². The molecule has 32 heavy (non-hydrogen) atoms. The number of piperidine rings is 1. The second kappa shape index (κ2) is 9.97. The fourth-order valence-electron chi connectivity index (χ4n) is 3.90. The number of aromatic nitrogens is 2. The van der Waals surface area contributed by atoms with Crippen molar-refractivity contribution in [2.24, 2.45) is 0 Å². The van der Waals surface area contributed by atoms with Gasteiger partial charge in [-0.15, -0.1) is 0 Å². The molecule has 3 rings (SSSR count). The molecule has 1 aliphatic heterocycles. The van der Waals surface area contributed by atoms with E-state index in [1.807, 2.05) is 13.8 Å².